The van der Waals surface area contributed by atoms with Gasteiger partial charge in [0.05, 0.1) is 48.1 Å². The molecule has 0 radical (unpaired) electrons. The fourth-order valence-corrected chi connectivity index (χ4v) is 12.8. The quantitative estimate of drug-likeness (QED) is 0.215. The number of amides is 2. The number of primary amides is 1. The third-order valence-corrected chi connectivity index (χ3v) is 14.6. The number of hydrogen-bond acceptors (Lipinski definition) is 12. The first kappa shape index (κ1) is 39.1. The first-order chi connectivity index (χ1) is 25.6. The predicted molar refractivity (Wildman–Crippen MR) is 194 cm³/mol. The van der Waals surface area contributed by atoms with Crippen molar-refractivity contribution in [3.63, 3.8) is 0 Å². The summed E-state index contributed by atoms with van der Waals surface area (Å²) in [7, 11) is 4.87. The van der Waals surface area contributed by atoms with Gasteiger partial charge in [0.15, 0.2) is 0 Å². The van der Waals surface area contributed by atoms with Gasteiger partial charge in [-0.05, 0) is 43.9 Å². The van der Waals surface area contributed by atoms with Gasteiger partial charge >= 0.3 is 11.9 Å². The normalized spacial score (nSPS) is 42.0. The Morgan fingerprint density at radius 3 is 2.41 bits per heavy atom. The third-order valence-electron chi connectivity index (χ3n) is 14.6. The number of nitrogens with two attached hydrogens (primary N) is 1. The predicted octanol–water partition coefficient (Wildman–Crippen LogP) is 2.14. The average Bonchev–Trinajstić information content (AvgIpc) is 3.53. The molecular formula is C40H57N3O11. The molecule has 1 unspecified atom stereocenters. The van der Waals surface area contributed by atoms with Gasteiger partial charge in [-0.1, -0.05) is 39.8 Å². The van der Waals surface area contributed by atoms with Gasteiger partial charge in [-0.15, -0.1) is 0 Å². The van der Waals surface area contributed by atoms with E-state index >= 15 is 0 Å². The van der Waals surface area contributed by atoms with Crippen molar-refractivity contribution in [2.75, 3.05) is 46.3 Å². The maximum absolute atomic E-state index is 14.1. The van der Waals surface area contributed by atoms with E-state index in [1.54, 1.807) is 66.4 Å². The van der Waals surface area contributed by atoms with E-state index in [0.29, 0.717) is 32.4 Å². The fraction of sp³-hybridized carbons (Fsp3) is 0.750. The number of piperidine rings is 1. The molecule has 6 fully saturated rings. The molecule has 1 aromatic rings. The molecule has 7 rings (SSSR count). The van der Waals surface area contributed by atoms with E-state index in [9.17, 15) is 29.4 Å². The number of methoxy groups -OCH3 is 3. The van der Waals surface area contributed by atoms with Crippen molar-refractivity contribution in [2.45, 2.75) is 101 Å². The number of para-hydroxylation sites is 1. The Kier molecular flexibility index (Phi) is 10.00. The molecule has 1 aliphatic heterocycles. The van der Waals surface area contributed by atoms with E-state index in [2.05, 4.69) is 10.2 Å². The van der Waals surface area contributed by atoms with Gasteiger partial charge in [-0.3, -0.25) is 19.3 Å². The number of nitrogens with zero attached hydrogens (tertiary/aromatic N) is 1. The Morgan fingerprint density at radius 1 is 1.06 bits per heavy atom. The van der Waals surface area contributed by atoms with Gasteiger partial charge < -0.3 is 44.9 Å². The molecule has 1 saturated heterocycles. The highest BCUT2D eigenvalue weighted by molar-refractivity contribution is 6.02. The van der Waals surface area contributed by atoms with Gasteiger partial charge in [-0.2, -0.15) is 0 Å². The summed E-state index contributed by atoms with van der Waals surface area (Å²) in [6.45, 7) is 8.19. The summed E-state index contributed by atoms with van der Waals surface area (Å²) < 4.78 is 31.5. The molecule has 14 nitrogen and oxygen atoms in total. The van der Waals surface area contributed by atoms with Crippen LogP contribution in [0.25, 0.3) is 0 Å². The van der Waals surface area contributed by atoms with Crippen LogP contribution >= 0.6 is 0 Å². The van der Waals surface area contributed by atoms with Gasteiger partial charge in [0.1, 0.15) is 17.3 Å². The molecule has 1 heterocycles. The Bertz CT molecular complexity index is 1670. The smallest absolute Gasteiger partial charge is 0.340 e. The number of benzene rings is 1. The number of anilines is 1. The standard InChI is InChI=1S/C40H57N3O11/c1-8-43-18-37(19-53-35(47)22-11-9-10-12-25(22)42-33(45)21(4)15-28(41)44)14-13-27(51-6)39-24-16-23-26(50-5)17-38(48,29(24)30(23)54-34(46)20(2)3)40(49,36(39)43)32(52-7)31(37)39/h9-12,20-21,23-24,26-27,29-32,36,48-49H,8,13-19H2,1-7H3,(H2,41,44)(H,42,45)/t21-,23+,24+,26-,27-,29+,30-,31+,32-,36?,37-,38+,39-,40+/m0/s1. The molecule has 2 amide bonds. The molecule has 6 aliphatic rings. The molecule has 1 spiro atoms. The molecular weight excluding hydrogens is 698 g/mol. The number of carbonyl (C=O) groups is 4. The Balaban J connectivity index is 1.30. The number of rotatable bonds is 13. The second kappa shape index (κ2) is 13.8. The van der Waals surface area contributed by atoms with Crippen LogP contribution in [-0.2, 0) is 38.1 Å². The lowest BCUT2D eigenvalue weighted by Crippen LogP contribution is -2.82. The minimum absolute atomic E-state index is 0.0140. The second-order valence-corrected chi connectivity index (χ2v) is 17.2. The summed E-state index contributed by atoms with van der Waals surface area (Å²) in [6.07, 6.45) is -0.568. The maximum atomic E-state index is 14.1. The number of esters is 2. The maximum Gasteiger partial charge on any atom is 0.340 e. The highest BCUT2D eigenvalue weighted by atomic mass is 16.6. The van der Waals surface area contributed by atoms with E-state index in [-0.39, 0.29) is 60.5 Å². The van der Waals surface area contributed by atoms with Crippen LogP contribution in [0.2, 0.25) is 0 Å². The van der Waals surface area contributed by atoms with Crippen LogP contribution in [0.1, 0.15) is 70.2 Å². The van der Waals surface area contributed by atoms with Gasteiger partial charge in [0.25, 0.3) is 0 Å². The van der Waals surface area contributed by atoms with Gasteiger partial charge in [-0.25, -0.2) is 4.79 Å². The van der Waals surface area contributed by atoms with Crippen molar-refractivity contribution in [1.82, 2.24) is 4.90 Å². The fourth-order valence-electron chi connectivity index (χ4n) is 12.8. The van der Waals surface area contributed by atoms with Crippen molar-refractivity contribution in [1.29, 1.82) is 0 Å². The van der Waals surface area contributed by atoms with Crippen molar-refractivity contribution in [3.8, 4) is 0 Å². The zero-order valence-electron chi connectivity index (χ0n) is 32.4. The highest BCUT2D eigenvalue weighted by Crippen LogP contribution is 2.80. The van der Waals surface area contributed by atoms with E-state index in [1.165, 1.54) is 0 Å². The van der Waals surface area contributed by atoms with Crippen LogP contribution in [0, 0.1) is 46.3 Å². The van der Waals surface area contributed by atoms with E-state index in [4.69, 9.17) is 29.4 Å². The Labute approximate surface area is 316 Å². The summed E-state index contributed by atoms with van der Waals surface area (Å²) >= 11 is 0. The minimum atomic E-state index is -1.83. The average molecular weight is 756 g/mol. The molecule has 54 heavy (non-hydrogen) atoms. The lowest BCUT2D eigenvalue weighted by Gasteiger charge is -2.70. The van der Waals surface area contributed by atoms with Crippen molar-refractivity contribution in [2.24, 2.45) is 52.1 Å². The van der Waals surface area contributed by atoms with Crippen LogP contribution in [0.4, 0.5) is 5.69 Å². The first-order valence-electron chi connectivity index (χ1n) is 19.4. The minimum Gasteiger partial charge on any atom is -0.461 e. The number of likely N-dealkylation sites (tertiary alicyclic amines) is 1. The molecule has 5 aliphatic carbocycles. The monoisotopic (exact) mass is 755 g/mol. The SMILES string of the molecule is CCN1C[C@]2(COC(=O)c3ccccc3NC(=O)[C@@H](C)CC(N)=O)CC[C@H](OC)[C@]34C1[C@](O)([C@@H](OC)[C@H]23)[C@@]1(O)C[C@H](OC)[C@H]2C[C@@H]4[C@@H]1[C@H]2OC(=O)C(C)C. The van der Waals surface area contributed by atoms with E-state index < -0.39 is 81.9 Å². The molecule has 298 valence electrons. The first-order valence-corrected chi connectivity index (χ1v) is 19.4. The summed E-state index contributed by atoms with van der Waals surface area (Å²) in [4.78, 5) is 54.0. The number of fused-ring (bicyclic) bond motifs is 2. The van der Waals surface area contributed by atoms with Crippen molar-refractivity contribution < 1.29 is 53.1 Å². The lowest BCUT2D eigenvalue weighted by atomic mass is 9.42. The Hall–Kier alpha value is -3.14. The van der Waals surface area contributed by atoms with Crippen LogP contribution in [0.15, 0.2) is 24.3 Å². The molecule has 14 atom stereocenters. The number of nitrogens with one attached hydrogen (secondary N) is 1. The molecule has 7 bridgehead atoms. The number of likely N-dealkylation sites (N-methyl/N-ethyl adjacent to an activating group) is 1. The molecule has 5 N–H and O–H groups in total. The highest BCUT2D eigenvalue weighted by Gasteiger charge is 2.92. The number of aliphatic hydroxyl groups is 2. The van der Waals surface area contributed by atoms with E-state index in [1.807, 2.05) is 6.92 Å². The van der Waals surface area contributed by atoms with Crippen molar-refractivity contribution >= 4 is 29.4 Å². The van der Waals surface area contributed by atoms with E-state index in [0.717, 1.165) is 0 Å². The second-order valence-electron chi connectivity index (χ2n) is 17.2. The van der Waals surface area contributed by atoms with Gasteiger partial charge in [0.2, 0.25) is 11.8 Å². The van der Waals surface area contributed by atoms with Gasteiger partial charge in [0, 0.05) is 75.2 Å². The number of carbonyl (C=O) groups excluding carboxylic acids is 4. The zero-order valence-corrected chi connectivity index (χ0v) is 32.4. The molecule has 1 aromatic carbocycles. The largest absolute Gasteiger partial charge is 0.461 e. The van der Waals surface area contributed by atoms with Crippen LogP contribution < -0.4 is 11.1 Å². The topological polar surface area (TPSA) is 196 Å². The van der Waals surface area contributed by atoms with Crippen molar-refractivity contribution in [3.05, 3.63) is 29.8 Å². The summed E-state index contributed by atoms with van der Waals surface area (Å²) in [5.41, 5.74) is 0.639. The van der Waals surface area contributed by atoms with Crippen LogP contribution in [0.3, 0.4) is 0 Å². The molecule has 14 heteroatoms. The summed E-state index contributed by atoms with van der Waals surface area (Å²) in [5, 5.41) is 29.7. The Morgan fingerprint density at radius 2 is 1.78 bits per heavy atom. The van der Waals surface area contributed by atoms with Crippen LogP contribution in [-0.4, -0.2) is 122 Å². The number of hydrogen-bond donors (Lipinski definition) is 4. The third kappa shape index (κ3) is 5.19. The summed E-state index contributed by atoms with van der Waals surface area (Å²) in [5.74, 6) is -4.62. The summed E-state index contributed by atoms with van der Waals surface area (Å²) in [6, 6.07) is 5.99. The number of ether oxygens (including phenoxy) is 5. The van der Waals surface area contributed by atoms with Crippen LogP contribution in [0.5, 0.6) is 0 Å². The zero-order chi connectivity index (χ0) is 39.1. The molecule has 5 saturated carbocycles. The molecule has 0 aromatic heterocycles. The lowest BCUT2D eigenvalue weighted by molar-refractivity contribution is -0.319.